The van der Waals surface area contributed by atoms with E-state index in [0.717, 1.165) is 27.9 Å². The van der Waals surface area contributed by atoms with E-state index in [9.17, 15) is 14.0 Å². The van der Waals surface area contributed by atoms with E-state index in [0.29, 0.717) is 17.7 Å². The number of ether oxygens (including phenoxy) is 3. The normalized spacial score (nSPS) is 16.7. The van der Waals surface area contributed by atoms with Crippen molar-refractivity contribution in [2.45, 2.75) is 32.7 Å². The average Bonchev–Trinajstić information content (AvgIpc) is 3.25. The molecule has 2 atom stereocenters. The molecule has 4 rings (SSSR count). The molecule has 0 aromatic heterocycles. The van der Waals surface area contributed by atoms with Crippen LogP contribution in [0.25, 0.3) is 11.1 Å². The summed E-state index contributed by atoms with van der Waals surface area (Å²) in [6.45, 7) is 3.86. The Bertz CT molecular complexity index is 1370. The van der Waals surface area contributed by atoms with E-state index >= 15 is 0 Å². The van der Waals surface area contributed by atoms with Crippen LogP contribution in [-0.4, -0.2) is 45.0 Å². The Labute approximate surface area is 221 Å². The van der Waals surface area contributed by atoms with Gasteiger partial charge in [0.05, 0.1) is 39.5 Å². The smallest absolute Gasteiger partial charge is 0.354 e. The summed E-state index contributed by atoms with van der Waals surface area (Å²) in [5.74, 6) is -0.894. The first-order valence-electron chi connectivity index (χ1n) is 12.3. The van der Waals surface area contributed by atoms with E-state index in [1.165, 1.54) is 20.3 Å². The minimum atomic E-state index is -0.515. The number of nitrogens with zero attached hydrogens (tertiary/aromatic N) is 2. The van der Waals surface area contributed by atoms with Gasteiger partial charge < -0.3 is 14.2 Å². The SMILES string of the molecule is COC(=O)C[C@H]1[C@H](C)C(C(=O)OC)=NN1c1ccc(Cc2ccc(-c3cc(OC)ccc3F)cc2C)cc1. The number of hydrogen-bond acceptors (Lipinski definition) is 7. The Balaban J connectivity index is 1.55. The lowest BCUT2D eigenvalue weighted by atomic mass is 9.94. The first-order valence-corrected chi connectivity index (χ1v) is 12.3. The number of methoxy groups -OCH3 is 3. The Hall–Kier alpha value is -4.20. The van der Waals surface area contributed by atoms with Gasteiger partial charge in [-0.05, 0) is 65.9 Å². The van der Waals surface area contributed by atoms with Crippen molar-refractivity contribution < 1.29 is 28.2 Å². The van der Waals surface area contributed by atoms with E-state index in [4.69, 9.17) is 14.2 Å². The zero-order valence-corrected chi connectivity index (χ0v) is 22.2. The maximum absolute atomic E-state index is 14.4. The molecule has 0 saturated heterocycles. The van der Waals surface area contributed by atoms with Gasteiger partial charge in [0, 0.05) is 11.5 Å². The second-order valence-corrected chi connectivity index (χ2v) is 9.29. The minimum absolute atomic E-state index is 0.0861. The third kappa shape index (κ3) is 5.54. The molecule has 1 aliphatic heterocycles. The van der Waals surface area contributed by atoms with Crippen molar-refractivity contribution in [1.82, 2.24) is 0 Å². The molecule has 7 nitrogen and oxygen atoms in total. The van der Waals surface area contributed by atoms with E-state index in [2.05, 4.69) is 5.10 Å². The van der Waals surface area contributed by atoms with Crippen LogP contribution in [-0.2, 0) is 25.5 Å². The Morgan fingerprint density at radius 3 is 2.34 bits per heavy atom. The molecule has 0 bridgehead atoms. The number of halogens is 1. The lowest BCUT2D eigenvalue weighted by molar-refractivity contribution is -0.141. The van der Waals surface area contributed by atoms with Crippen LogP contribution in [0.2, 0.25) is 0 Å². The number of esters is 2. The van der Waals surface area contributed by atoms with Crippen molar-refractivity contribution in [3.63, 3.8) is 0 Å². The molecule has 8 heteroatoms. The van der Waals surface area contributed by atoms with Crippen LogP contribution in [0, 0.1) is 18.7 Å². The van der Waals surface area contributed by atoms with Crippen molar-refractivity contribution in [3.8, 4) is 16.9 Å². The number of benzene rings is 3. The Kier molecular flexibility index (Phi) is 8.10. The fourth-order valence-corrected chi connectivity index (χ4v) is 4.67. The molecule has 0 spiro atoms. The van der Waals surface area contributed by atoms with Crippen molar-refractivity contribution in [2.24, 2.45) is 11.0 Å². The van der Waals surface area contributed by atoms with E-state index in [1.807, 2.05) is 56.3 Å². The quantitative estimate of drug-likeness (QED) is 0.376. The molecule has 3 aromatic rings. The lowest BCUT2D eigenvalue weighted by Crippen LogP contribution is -2.35. The van der Waals surface area contributed by atoms with Gasteiger partial charge in [0.25, 0.3) is 0 Å². The van der Waals surface area contributed by atoms with Crippen LogP contribution in [0.4, 0.5) is 10.1 Å². The van der Waals surface area contributed by atoms with Crippen molar-refractivity contribution in [1.29, 1.82) is 0 Å². The molecule has 38 heavy (non-hydrogen) atoms. The van der Waals surface area contributed by atoms with Crippen molar-refractivity contribution in [2.75, 3.05) is 26.3 Å². The predicted molar refractivity (Wildman–Crippen MR) is 144 cm³/mol. The maximum Gasteiger partial charge on any atom is 0.354 e. The molecule has 0 unspecified atom stereocenters. The maximum atomic E-state index is 14.4. The Morgan fingerprint density at radius 1 is 0.974 bits per heavy atom. The fourth-order valence-electron chi connectivity index (χ4n) is 4.67. The van der Waals surface area contributed by atoms with Crippen LogP contribution in [0.15, 0.2) is 65.8 Å². The second-order valence-electron chi connectivity index (χ2n) is 9.29. The summed E-state index contributed by atoms with van der Waals surface area (Å²) in [6, 6.07) is 18.1. The van der Waals surface area contributed by atoms with E-state index in [1.54, 1.807) is 24.3 Å². The number of anilines is 1. The van der Waals surface area contributed by atoms with Gasteiger partial charge in [-0.1, -0.05) is 37.3 Å². The highest BCUT2D eigenvalue weighted by Gasteiger charge is 2.40. The fraction of sp³-hybridized carbons (Fsp3) is 0.300. The number of rotatable bonds is 8. The highest BCUT2D eigenvalue weighted by Crippen LogP contribution is 2.32. The van der Waals surface area contributed by atoms with Crippen LogP contribution in [0.1, 0.15) is 30.0 Å². The molecule has 0 N–H and O–H groups in total. The zero-order valence-electron chi connectivity index (χ0n) is 22.2. The molecule has 198 valence electrons. The van der Waals surface area contributed by atoms with Gasteiger partial charge in [-0.15, -0.1) is 0 Å². The number of aryl methyl sites for hydroxylation is 1. The zero-order chi connectivity index (χ0) is 27.4. The summed E-state index contributed by atoms with van der Waals surface area (Å²) in [6.07, 6.45) is 0.772. The molecule has 0 aliphatic carbocycles. The summed E-state index contributed by atoms with van der Waals surface area (Å²) in [4.78, 5) is 24.3. The molecule has 3 aromatic carbocycles. The van der Waals surface area contributed by atoms with E-state index in [-0.39, 0.29) is 35.9 Å². The summed E-state index contributed by atoms with van der Waals surface area (Å²) in [7, 11) is 4.21. The van der Waals surface area contributed by atoms with Crippen molar-refractivity contribution >= 4 is 23.3 Å². The molecule has 0 saturated carbocycles. The summed E-state index contributed by atoms with van der Waals surface area (Å²) >= 11 is 0. The van der Waals surface area contributed by atoms with Gasteiger partial charge in [-0.3, -0.25) is 9.80 Å². The monoisotopic (exact) mass is 518 g/mol. The molecule has 1 aliphatic rings. The first kappa shape index (κ1) is 26.9. The van der Waals surface area contributed by atoms with Gasteiger partial charge in [0.1, 0.15) is 11.6 Å². The van der Waals surface area contributed by atoms with Crippen LogP contribution in [0.3, 0.4) is 0 Å². The molecule has 0 radical (unpaired) electrons. The third-order valence-corrected chi connectivity index (χ3v) is 6.96. The van der Waals surface area contributed by atoms with Gasteiger partial charge in [-0.2, -0.15) is 5.10 Å². The van der Waals surface area contributed by atoms with E-state index < -0.39 is 5.97 Å². The highest BCUT2D eigenvalue weighted by atomic mass is 19.1. The summed E-state index contributed by atoms with van der Waals surface area (Å²) in [5, 5.41) is 6.19. The summed E-state index contributed by atoms with van der Waals surface area (Å²) in [5.41, 5.74) is 5.56. The molecular formula is C30H31FN2O5. The second kappa shape index (κ2) is 11.5. The predicted octanol–water partition coefficient (Wildman–Crippen LogP) is 5.32. The number of carbonyl (C=O) groups excluding carboxylic acids is 2. The molecule has 1 heterocycles. The highest BCUT2D eigenvalue weighted by molar-refractivity contribution is 6.38. The van der Waals surface area contributed by atoms with Crippen molar-refractivity contribution in [3.05, 3.63) is 83.2 Å². The standard InChI is InChI=1S/C30H31FN2O5/c1-18-14-22(25-16-24(36-3)12-13-26(25)31)9-8-21(18)15-20-6-10-23(11-7-20)33-27(17-28(34)37-4)19(2)29(32-33)30(35)38-5/h6-14,16,19,27H,15,17H2,1-5H3/t19-,27-/m0/s1. The number of carbonyl (C=O) groups is 2. The first-order chi connectivity index (χ1) is 18.2. The lowest BCUT2D eigenvalue weighted by Gasteiger charge is -2.25. The summed E-state index contributed by atoms with van der Waals surface area (Å²) < 4.78 is 29.4. The van der Waals surface area contributed by atoms with Gasteiger partial charge in [-0.25, -0.2) is 9.18 Å². The van der Waals surface area contributed by atoms with Gasteiger partial charge in [0.15, 0.2) is 5.71 Å². The molecule has 0 amide bonds. The number of hydrogen-bond donors (Lipinski definition) is 0. The Morgan fingerprint density at radius 2 is 1.71 bits per heavy atom. The van der Waals surface area contributed by atoms with Crippen LogP contribution >= 0.6 is 0 Å². The van der Waals surface area contributed by atoms with Crippen LogP contribution in [0.5, 0.6) is 5.75 Å². The van der Waals surface area contributed by atoms with Gasteiger partial charge in [0.2, 0.25) is 0 Å². The minimum Gasteiger partial charge on any atom is -0.497 e. The third-order valence-electron chi connectivity index (χ3n) is 6.96. The topological polar surface area (TPSA) is 77.4 Å². The molecular weight excluding hydrogens is 487 g/mol. The molecule has 0 fully saturated rings. The number of hydrazone groups is 1. The largest absolute Gasteiger partial charge is 0.497 e. The van der Waals surface area contributed by atoms with Gasteiger partial charge >= 0.3 is 11.9 Å². The average molecular weight is 519 g/mol. The van der Waals surface area contributed by atoms with Crippen LogP contribution < -0.4 is 9.75 Å².